The van der Waals surface area contributed by atoms with Crippen molar-refractivity contribution >= 4 is 20.7 Å². The lowest BCUT2D eigenvalue weighted by Gasteiger charge is -2.10. The van der Waals surface area contributed by atoms with E-state index in [0.29, 0.717) is 0 Å². The van der Waals surface area contributed by atoms with Crippen LogP contribution in [0.1, 0.15) is 5.69 Å². The molecule has 0 aliphatic carbocycles. The van der Waals surface area contributed by atoms with Crippen molar-refractivity contribution in [3.05, 3.63) is 60.3 Å². The van der Waals surface area contributed by atoms with Gasteiger partial charge in [0.15, 0.2) is 15.3 Å². The Kier molecular flexibility index (Phi) is 3.76. The zero-order valence-corrected chi connectivity index (χ0v) is 13.0. The summed E-state index contributed by atoms with van der Waals surface area (Å²) >= 11 is 0. The van der Waals surface area contributed by atoms with Crippen LogP contribution in [0, 0.1) is 0 Å². The molecule has 1 aromatic heterocycles. The predicted molar refractivity (Wildman–Crippen MR) is 88.3 cm³/mol. The quantitative estimate of drug-likeness (QED) is 0.778. The molecule has 0 fully saturated rings. The molecule has 22 heavy (non-hydrogen) atoms. The van der Waals surface area contributed by atoms with E-state index >= 15 is 0 Å². The first-order valence-electron chi connectivity index (χ1n) is 6.99. The predicted octanol–water partition coefficient (Wildman–Crippen LogP) is 2.74. The van der Waals surface area contributed by atoms with Crippen molar-refractivity contribution in [3.8, 4) is 11.1 Å². The number of aromatic nitrogens is 1. The van der Waals surface area contributed by atoms with E-state index in [2.05, 4.69) is 4.98 Å². The van der Waals surface area contributed by atoms with E-state index in [1.165, 1.54) is 0 Å². The molecule has 5 heteroatoms. The lowest BCUT2D eigenvalue weighted by atomic mass is 10.0. The summed E-state index contributed by atoms with van der Waals surface area (Å²) in [5.74, 6) is 0. The summed E-state index contributed by atoms with van der Waals surface area (Å²) in [6.07, 6.45) is 1.08. The molecule has 114 valence electrons. The van der Waals surface area contributed by atoms with Crippen molar-refractivity contribution in [2.24, 2.45) is 0 Å². The van der Waals surface area contributed by atoms with Crippen LogP contribution in [0.15, 0.2) is 54.6 Å². The van der Waals surface area contributed by atoms with E-state index in [4.69, 9.17) is 0 Å². The van der Waals surface area contributed by atoms with Crippen molar-refractivity contribution in [3.63, 3.8) is 0 Å². The summed E-state index contributed by atoms with van der Waals surface area (Å²) in [4.78, 5) is 3.24. The average molecular weight is 315 g/mol. The third-order valence-electron chi connectivity index (χ3n) is 3.72. The number of aliphatic hydroxyl groups is 1. The van der Waals surface area contributed by atoms with Crippen LogP contribution in [0.25, 0.3) is 22.0 Å². The molecule has 0 amide bonds. The van der Waals surface area contributed by atoms with Crippen LogP contribution in [-0.2, 0) is 16.3 Å². The highest BCUT2D eigenvalue weighted by molar-refractivity contribution is 7.91. The van der Waals surface area contributed by atoms with Crippen LogP contribution >= 0.6 is 0 Å². The number of sulfone groups is 1. The van der Waals surface area contributed by atoms with Gasteiger partial charge in [-0.15, -0.1) is 0 Å². The maximum Gasteiger partial charge on any atom is 0.174 e. The molecule has 0 saturated heterocycles. The maximum absolute atomic E-state index is 11.5. The molecule has 1 atom stereocenters. The van der Waals surface area contributed by atoms with Gasteiger partial charge in [-0.3, -0.25) is 0 Å². The van der Waals surface area contributed by atoms with Crippen LogP contribution in [0.3, 0.4) is 0 Å². The van der Waals surface area contributed by atoms with Crippen molar-refractivity contribution in [2.45, 2.75) is 11.9 Å². The summed E-state index contributed by atoms with van der Waals surface area (Å²) < 4.78 is 23.1. The minimum absolute atomic E-state index is 0.0394. The van der Waals surface area contributed by atoms with Gasteiger partial charge < -0.3 is 10.1 Å². The van der Waals surface area contributed by atoms with Gasteiger partial charge in [0.2, 0.25) is 0 Å². The Labute approximate surface area is 129 Å². The number of H-pyrrole nitrogens is 1. The lowest BCUT2D eigenvalue weighted by Crippen LogP contribution is -2.22. The van der Waals surface area contributed by atoms with Crippen molar-refractivity contribution < 1.29 is 13.5 Å². The molecule has 1 unspecified atom stereocenters. The summed E-state index contributed by atoms with van der Waals surface area (Å²) in [7, 11) is -3.50. The fourth-order valence-electron chi connectivity index (χ4n) is 2.61. The average Bonchev–Trinajstić information content (AvgIpc) is 2.85. The summed E-state index contributed by atoms with van der Waals surface area (Å²) in [6.45, 7) is 0. The number of aliphatic hydroxyl groups excluding tert-OH is 1. The van der Waals surface area contributed by atoms with Crippen molar-refractivity contribution in [1.29, 1.82) is 0 Å². The number of fused-ring (bicyclic) bond motifs is 1. The molecule has 2 aromatic carbocycles. The summed E-state index contributed by atoms with van der Waals surface area (Å²) in [5, 5.41) is 10.9. The Balaban J connectivity index is 2.18. The van der Waals surface area contributed by atoms with Gasteiger partial charge in [-0.05, 0) is 11.6 Å². The fraction of sp³-hybridized carbons (Fsp3) is 0.176. The van der Waals surface area contributed by atoms with Gasteiger partial charge in [0.1, 0.15) is 0 Å². The first-order chi connectivity index (χ1) is 10.5. The normalized spacial score (nSPS) is 13.4. The highest BCUT2D eigenvalue weighted by Gasteiger charge is 2.22. The molecule has 0 aliphatic heterocycles. The van der Waals surface area contributed by atoms with E-state index in [0.717, 1.165) is 34.0 Å². The van der Waals surface area contributed by atoms with E-state index in [-0.39, 0.29) is 6.42 Å². The topological polar surface area (TPSA) is 70.2 Å². The van der Waals surface area contributed by atoms with Gasteiger partial charge in [0.05, 0.1) is 0 Å². The highest BCUT2D eigenvalue weighted by Crippen LogP contribution is 2.33. The molecule has 0 saturated carbocycles. The number of benzene rings is 2. The highest BCUT2D eigenvalue weighted by atomic mass is 32.2. The van der Waals surface area contributed by atoms with E-state index < -0.39 is 15.3 Å². The Hall–Kier alpha value is -2.11. The van der Waals surface area contributed by atoms with Crippen LogP contribution in [-0.4, -0.2) is 30.2 Å². The number of aromatic amines is 1. The molecule has 0 aliphatic rings. The number of rotatable bonds is 4. The molecule has 0 spiro atoms. The molecular weight excluding hydrogens is 298 g/mol. The molecule has 2 N–H and O–H groups in total. The number of para-hydroxylation sites is 1. The van der Waals surface area contributed by atoms with E-state index in [1.807, 2.05) is 54.6 Å². The number of nitrogens with one attached hydrogen (secondary N) is 1. The first-order valence-corrected chi connectivity index (χ1v) is 8.94. The van der Waals surface area contributed by atoms with Crippen molar-refractivity contribution in [2.75, 3.05) is 6.26 Å². The molecule has 4 nitrogen and oxygen atoms in total. The lowest BCUT2D eigenvalue weighted by molar-refractivity contribution is 0.249. The maximum atomic E-state index is 11.5. The van der Waals surface area contributed by atoms with E-state index in [1.54, 1.807) is 0 Å². The summed E-state index contributed by atoms with van der Waals surface area (Å²) in [5.41, 5.74) is 2.18. The fourth-order valence-corrected chi connectivity index (χ4v) is 3.08. The van der Waals surface area contributed by atoms with Crippen LogP contribution < -0.4 is 0 Å². The Morgan fingerprint density at radius 2 is 1.68 bits per heavy atom. The van der Waals surface area contributed by atoms with Crippen LogP contribution in [0.2, 0.25) is 0 Å². The van der Waals surface area contributed by atoms with Crippen molar-refractivity contribution in [1.82, 2.24) is 4.98 Å². The second-order valence-electron chi connectivity index (χ2n) is 5.38. The monoisotopic (exact) mass is 315 g/mol. The number of hydrogen-bond donors (Lipinski definition) is 2. The first kappa shape index (κ1) is 14.8. The Morgan fingerprint density at radius 1 is 1.05 bits per heavy atom. The SMILES string of the molecule is CS(=O)(=O)C(O)Cc1[nH]c2ccccc2c1-c1ccccc1. The Morgan fingerprint density at radius 3 is 2.36 bits per heavy atom. The number of hydrogen-bond acceptors (Lipinski definition) is 3. The molecule has 3 aromatic rings. The van der Waals surface area contributed by atoms with Gasteiger partial charge in [-0.25, -0.2) is 8.42 Å². The zero-order valence-electron chi connectivity index (χ0n) is 12.2. The third-order valence-corrected chi connectivity index (χ3v) is 4.87. The van der Waals surface area contributed by atoms with Gasteiger partial charge >= 0.3 is 0 Å². The van der Waals surface area contributed by atoms with E-state index in [9.17, 15) is 13.5 Å². The minimum Gasteiger partial charge on any atom is -0.377 e. The molecule has 0 bridgehead atoms. The largest absolute Gasteiger partial charge is 0.377 e. The van der Waals surface area contributed by atoms with Crippen LogP contribution in [0.4, 0.5) is 0 Å². The standard InChI is InChI=1S/C17H17NO3S/c1-22(20,21)16(19)11-15-17(12-7-3-2-4-8-12)13-9-5-6-10-14(13)18-15/h2-10,16,18-19H,11H2,1H3. The molecule has 3 rings (SSSR count). The second kappa shape index (κ2) is 5.59. The van der Waals surface area contributed by atoms with Crippen LogP contribution in [0.5, 0.6) is 0 Å². The minimum atomic E-state index is -3.50. The summed E-state index contributed by atoms with van der Waals surface area (Å²) in [6, 6.07) is 17.6. The van der Waals surface area contributed by atoms with Gasteiger partial charge in [-0.2, -0.15) is 0 Å². The molecule has 1 heterocycles. The third kappa shape index (κ3) is 2.77. The van der Waals surface area contributed by atoms with Gasteiger partial charge in [0, 0.05) is 34.8 Å². The van der Waals surface area contributed by atoms with Gasteiger partial charge in [-0.1, -0.05) is 48.5 Å². The Bertz CT molecular complexity index is 898. The smallest absolute Gasteiger partial charge is 0.174 e. The molecular formula is C17H17NO3S. The molecule has 0 radical (unpaired) electrons. The van der Waals surface area contributed by atoms with Gasteiger partial charge in [0.25, 0.3) is 0 Å². The zero-order chi connectivity index (χ0) is 15.7. The second-order valence-corrected chi connectivity index (χ2v) is 7.58.